The van der Waals surface area contributed by atoms with Crippen molar-refractivity contribution in [3.63, 3.8) is 0 Å². The van der Waals surface area contributed by atoms with Crippen molar-refractivity contribution in [1.82, 2.24) is 0 Å². The predicted molar refractivity (Wildman–Crippen MR) is 46.6 cm³/mol. The minimum atomic E-state index is 0.738. The van der Waals surface area contributed by atoms with Crippen molar-refractivity contribution in [1.29, 1.82) is 5.39 Å². The molecule has 0 amide bonds. The molecule has 0 N–H and O–H groups in total. The molecule has 0 aliphatic heterocycles. The first-order valence-electron chi connectivity index (χ1n) is 3.63. The first-order chi connectivity index (χ1) is 5.54. The van der Waals surface area contributed by atoms with Gasteiger partial charge in [0.25, 0.3) is 0 Å². The average Bonchev–Trinajstić information content (AvgIpc) is 2.12. The maximum atomic E-state index is 8.55. The number of allylic oxidation sites excluding steroid dienone is 3. The van der Waals surface area contributed by atoms with E-state index in [-0.39, 0.29) is 0 Å². The van der Waals surface area contributed by atoms with Gasteiger partial charge in [-0.15, -0.1) is 0 Å². The van der Waals surface area contributed by atoms with Gasteiger partial charge in [0.2, 0.25) is 0 Å². The van der Waals surface area contributed by atoms with Crippen LogP contribution in [0.2, 0.25) is 0 Å². The molecule has 0 aromatic carbocycles. The van der Waals surface area contributed by atoms with E-state index in [0.717, 1.165) is 20.7 Å². The molecule has 0 atom stereocenters. The van der Waals surface area contributed by atoms with Gasteiger partial charge in [0.05, 0.1) is 0 Å². The van der Waals surface area contributed by atoms with Gasteiger partial charge in [-0.25, -0.2) is 0 Å². The molecule has 0 heterocycles. The Bertz CT molecular complexity index is 292. The average molecular weight is 332 g/mol. The van der Waals surface area contributed by atoms with Crippen LogP contribution < -0.4 is 0 Å². The number of rotatable bonds is 2. The van der Waals surface area contributed by atoms with Crippen molar-refractivity contribution in [2.45, 2.75) is 27.7 Å². The molecule has 0 bridgehead atoms. The Balaban J connectivity index is 4.97. The summed E-state index contributed by atoms with van der Waals surface area (Å²) in [6, 6.07) is 0. The summed E-state index contributed by atoms with van der Waals surface area (Å²) < 4.78 is 0.738. The van der Waals surface area contributed by atoms with E-state index < -0.39 is 0 Å². The van der Waals surface area contributed by atoms with Crippen LogP contribution in [-0.2, 0) is 19.4 Å². The van der Waals surface area contributed by atoms with Crippen LogP contribution in [0, 0.1) is 11.5 Å². The standard InChI is InChI=1S/C9H12N2.W/c1-5-7(2)9(4)8(3)6-11-10;/h1-4H3;/b9-8-;. The topological polar surface area (TPSA) is 28.1 Å². The van der Waals surface area contributed by atoms with Gasteiger partial charge in [-0.1, -0.05) is 0 Å². The van der Waals surface area contributed by atoms with Crippen LogP contribution >= 0.6 is 0 Å². The van der Waals surface area contributed by atoms with Gasteiger partial charge >= 0.3 is 84.2 Å². The summed E-state index contributed by atoms with van der Waals surface area (Å²) in [7, 11) is 0. The van der Waals surface area contributed by atoms with E-state index in [1.165, 1.54) is 19.4 Å². The monoisotopic (exact) mass is 332 g/mol. The van der Waals surface area contributed by atoms with Crippen molar-refractivity contribution in [3.05, 3.63) is 27.8 Å². The summed E-state index contributed by atoms with van der Waals surface area (Å²) in [5.41, 5.74) is 3.29. The van der Waals surface area contributed by atoms with Gasteiger partial charge in [-0.2, -0.15) is 0 Å². The molecule has 64 valence electrons. The molecule has 0 aromatic heterocycles. The zero-order valence-electron chi connectivity index (χ0n) is 7.80. The molecular formula is C9H12N2W. The van der Waals surface area contributed by atoms with Gasteiger partial charge in [0.1, 0.15) is 0 Å². The Labute approximate surface area is 84.4 Å². The number of nitrogens with zero attached hydrogens (tertiary/aromatic N) is 2. The quantitative estimate of drug-likeness (QED) is 0.434. The van der Waals surface area contributed by atoms with Gasteiger partial charge in [-0.3, -0.25) is 0 Å². The fraction of sp³-hybridized carbons (Fsp3) is 0.444. The molecule has 3 heteroatoms. The maximum absolute atomic E-state index is 8.55. The Morgan fingerprint density at radius 2 is 1.75 bits per heavy atom. The fourth-order valence-electron chi connectivity index (χ4n) is 0.704. The van der Waals surface area contributed by atoms with E-state index in [1.54, 1.807) is 0 Å². The third kappa shape index (κ3) is 2.83. The summed E-state index contributed by atoms with van der Waals surface area (Å²) in [6.45, 7) is 7.84. The van der Waals surface area contributed by atoms with Crippen LogP contribution in [-0.4, -0.2) is 4.02 Å². The molecule has 2 nitrogen and oxygen atoms in total. The normalized spacial score (nSPS) is 13.4. The molecule has 0 saturated carbocycles. The molecule has 0 radical (unpaired) electrons. The van der Waals surface area contributed by atoms with Crippen LogP contribution in [0.25, 0.3) is 4.98 Å². The Morgan fingerprint density at radius 1 is 1.25 bits per heavy atom. The van der Waals surface area contributed by atoms with Crippen molar-refractivity contribution in [2.24, 2.45) is 0 Å². The number of hydrogen-bond donors (Lipinski definition) is 0. The molecule has 0 spiro atoms. The van der Waals surface area contributed by atoms with Gasteiger partial charge in [0.15, 0.2) is 0 Å². The van der Waals surface area contributed by atoms with Crippen LogP contribution in [0.1, 0.15) is 27.7 Å². The van der Waals surface area contributed by atoms with Crippen LogP contribution in [0.4, 0.5) is 0 Å². The second-order valence-electron chi connectivity index (χ2n) is 2.53. The molecule has 12 heavy (non-hydrogen) atoms. The molecule has 0 saturated heterocycles. The molecule has 0 aromatic rings. The minimum absolute atomic E-state index is 0.738. The number of diazo groups is 1. The summed E-state index contributed by atoms with van der Waals surface area (Å²) >= 11 is 1.17. The van der Waals surface area contributed by atoms with E-state index in [1.807, 2.05) is 27.7 Å². The zero-order valence-corrected chi connectivity index (χ0v) is 10.7. The Hall–Kier alpha value is -0.542. The number of hydrogen-bond acceptors (Lipinski definition) is 1. The van der Waals surface area contributed by atoms with Gasteiger partial charge in [0, 0.05) is 0 Å². The summed E-state index contributed by atoms with van der Waals surface area (Å²) in [5.74, 6) is 0. The molecule has 0 aliphatic rings. The Kier molecular flexibility index (Phi) is 4.93. The van der Waals surface area contributed by atoms with E-state index in [2.05, 4.69) is 11.1 Å². The van der Waals surface area contributed by atoms with Crippen molar-refractivity contribution < 1.29 is 19.4 Å². The first-order valence-corrected chi connectivity index (χ1v) is 5.09. The third-order valence-corrected chi connectivity index (χ3v) is 3.30. The van der Waals surface area contributed by atoms with Crippen LogP contribution in [0.5, 0.6) is 0 Å². The molecular weight excluding hydrogens is 320 g/mol. The van der Waals surface area contributed by atoms with E-state index in [4.69, 9.17) is 5.39 Å². The second-order valence-corrected chi connectivity index (χ2v) is 3.92. The molecule has 0 fully saturated rings. The van der Waals surface area contributed by atoms with Gasteiger partial charge < -0.3 is 0 Å². The van der Waals surface area contributed by atoms with E-state index in [0.29, 0.717) is 0 Å². The first kappa shape index (κ1) is 11.5. The summed E-state index contributed by atoms with van der Waals surface area (Å²) in [5, 5.41) is 8.55. The second kappa shape index (κ2) is 5.17. The van der Waals surface area contributed by atoms with E-state index >= 15 is 0 Å². The van der Waals surface area contributed by atoms with E-state index in [9.17, 15) is 0 Å². The predicted octanol–water partition coefficient (Wildman–Crippen LogP) is 2.62. The molecule has 0 rings (SSSR count). The van der Waals surface area contributed by atoms with Crippen molar-refractivity contribution in [3.8, 4) is 0 Å². The molecule has 0 aliphatic carbocycles. The summed E-state index contributed by atoms with van der Waals surface area (Å²) in [4.78, 5) is 3.18. The van der Waals surface area contributed by atoms with Crippen molar-refractivity contribution in [2.75, 3.05) is 0 Å². The SMILES string of the molecule is C[C-]=C(C)/C(C)=C(/C)[C](=[W])[N+]#N. The van der Waals surface area contributed by atoms with Crippen LogP contribution in [0.3, 0.4) is 0 Å². The Morgan fingerprint density at radius 3 is 2.08 bits per heavy atom. The van der Waals surface area contributed by atoms with Gasteiger partial charge in [-0.05, 0) is 0 Å². The summed E-state index contributed by atoms with van der Waals surface area (Å²) in [6.07, 6.45) is 3.06. The third-order valence-electron chi connectivity index (χ3n) is 1.91. The van der Waals surface area contributed by atoms with Crippen molar-refractivity contribution >= 4 is 4.02 Å². The molecule has 0 unspecified atom stereocenters. The zero-order chi connectivity index (χ0) is 9.72. The van der Waals surface area contributed by atoms with Crippen LogP contribution in [0.15, 0.2) is 16.7 Å². The fourth-order valence-corrected chi connectivity index (χ4v) is 1.25.